The van der Waals surface area contributed by atoms with E-state index >= 15 is 0 Å². The van der Waals surface area contributed by atoms with E-state index in [1.54, 1.807) is 24.3 Å². The first-order chi connectivity index (χ1) is 7.56. The van der Waals surface area contributed by atoms with Gasteiger partial charge in [0.25, 0.3) is 5.91 Å². The van der Waals surface area contributed by atoms with Crippen LogP contribution in [-0.4, -0.2) is 24.3 Å². The van der Waals surface area contributed by atoms with Crippen LogP contribution in [0.3, 0.4) is 0 Å². The highest BCUT2D eigenvalue weighted by Gasteiger charge is 2.14. The molecule has 3 N–H and O–H groups in total. The molecule has 1 rings (SSSR count). The molecule has 1 aromatic rings. The Bertz CT molecular complexity index is 402. The molecule has 0 unspecified atom stereocenters. The molecular weight excluding hydrogens is 204 g/mol. The second-order valence-electron chi connectivity index (χ2n) is 3.71. The number of ketones is 1. The number of amides is 1. The molecule has 0 radical (unpaired) electrons. The van der Waals surface area contributed by atoms with Crippen LogP contribution in [0.2, 0.25) is 0 Å². The van der Waals surface area contributed by atoms with E-state index in [4.69, 9.17) is 5.73 Å². The lowest BCUT2D eigenvalue weighted by Crippen LogP contribution is -2.38. The van der Waals surface area contributed by atoms with Gasteiger partial charge in [0.2, 0.25) is 0 Å². The Kier molecular flexibility index (Phi) is 4.19. The van der Waals surface area contributed by atoms with Gasteiger partial charge in [-0.2, -0.15) is 0 Å². The summed E-state index contributed by atoms with van der Waals surface area (Å²) in [5.41, 5.74) is 6.25. The second kappa shape index (κ2) is 5.42. The minimum atomic E-state index is -0.260. The molecule has 4 nitrogen and oxygen atoms in total. The Morgan fingerprint density at radius 3 is 2.38 bits per heavy atom. The standard InChI is InChI=1S/C12H16N2O2/c1-8(7-13)14-12(16)11-6-4-3-5-10(11)9(2)15/h3-6,8H,7,13H2,1-2H3,(H,14,16)/t8-/m0/s1. The molecule has 0 aliphatic rings. The Morgan fingerprint density at radius 2 is 1.88 bits per heavy atom. The van der Waals surface area contributed by atoms with Gasteiger partial charge in [0.05, 0.1) is 5.56 Å². The quantitative estimate of drug-likeness (QED) is 0.742. The van der Waals surface area contributed by atoms with Crippen LogP contribution >= 0.6 is 0 Å². The molecule has 0 spiro atoms. The van der Waals surface area contributed by atoms with Gasteiger partial charge in [0.15, 0.2) is 5.78 Å². The number of rotatable bonds is 4. The van der Waals surface area contributed by atoms with E-state index in [9.17, 15) is 9.59 Å². The Hall–Kier alpha value is -1.68. The van der Waals surface area contributed by atoms with Gasteiger partial charge < -0.3 is 11.1 Å². The molecule has 1 amide bonds. The number of benzene rings is 1. The van der Waals surface area contributed by atoms with Crippen molar-refractivity contribution in [3.05, 3.63) is 35.4 Å². The topological polar surface area (TPSA) is 72.2 Å². The highest BCUT2D eigenvalue weighted by molar-refractivity contribution is 6.07. The lowest BCUT2D eigenvalue weighted by Gasteiger charge is -2.12. The van der Waals surface area contributed by atoms with Gasteiger partial charge in [0, 0.05) is 18.2 Å². The van der Waals surface area contributed by atoms with Crippen LogP contribution in [0.5, 0.6) is 0 Å². The molecule has 0 saturated heterocycles. The molecular formula is C12H16N2O2. The van der Waals surface area contributed by atoms with Crippen molar-refractivity contribution in [2.75, 3.05) is 6.54 Å². The van der Waals surface area contributed by atoms with Gasteiger partial charge in [-0.25, -0.2) is 0 Å². The second-order valence-corrected chi connectivity index (χ2v) is 3.71. The zero-order valence-electron chi connectivity index (χ0n) is 9.49. The minimum Gasteiger partial charge on any atom is -0.348 e. The van der Waals surface area contributed by atoms with Crippen molar-refractivity contribution in [1.29, 1.82) is 0 Å². The largest absolute Gasteiger partial charge is 0.348 e. The van der Waals surface area contributed by atoms with E-state index in [2.05, 4.69) is 5.32 Å². The third-order valence-corrected chi connectivity index (χ3v) is 2.28. The van der Waals surface area contributed by atoms with Gasteiger partial charge in [-0.15, -0.1) is 0 Å². The number of carbonyl (C=O) groups is 2. The molecule has 0 heterocycles. The van der Waals surface area contributed by atoms with Gasteiger partial charge in [-0.3, -0.25) is 9.59 Å². The fraction of sp³-hybridized carbons (Fsp3) is 0.333. The van der Waals surface area contributed by atoms with Gasteiger partial charge >= 0.3 is 0 Å². The third kappa shape index (κ3) is 2.90. The summed E-state index contributed by atoms with van der Waals surface area (Å²) < 4.78 is 0. The van der Waals surface area contributed by atoms with Crippen LogP contribution in [0, 0.1) is 0 Å². The summed E-state index contributed by atoms with van der Waals surface area (Å²) in [6, 6.07) is 6.64. The average Bonchev–Trinajstić information content (AvgIpc) is 2.28. The van der Waals surface area contributed by atoms with Crippen LogP contribution < -0.4 is 11.1 Å². The summed E-state index contributed by atoms with van der Waals surface area (Å²) in [4.78, 5) is 23.1. The summed E-state index contributed by atoms with van der Waals surface area (Å²) in [5, 5.41) is 2.72. The maximum Gasteiger partial charge on any atom is 0.252 e. The van der Waals surface area contributed by atoms with E-state index < -0.39 is 0 Å². The zero-order chi connectivity index (χ0) is 12.1. The van der Waals surface area contributed by atoms with Gasteiger partial charge in [0.1, 0.15) is 0 Å². The molecule has 0 aliphatic heterocycles. The highest BCUT2D eigenvalue weighted by Crippen LogP contribution is 2.09. The summed E-state index contributed by atoms with van der Waals surface area (Å²) in [5.74, 6) is -0.380. The molecule has 0 aromatic heterocycles. The number of hydrogen-bond donors (Lipinski definition) is 2. The van der Waals surface area contributed by atoms with Crippen LogP contribution in [0.4, 0.5) is 0 Å². The average molecular weight is 220 g/mol. The van der Waals surface area contributed by atoms with E-state index in [1.807, 2.05) is 6.92 Å². The van der Waals surface area contributed by atoms with Crippen molar-refractivity contribution in [3.63, 3.8) is 0 Å². The minimum absolute atomic E-state index is 0.104. The summed E-state index contributed by atoms with van der Waals surface area (Å²) in [6.45, 7) is 3.63. The Balaban J connectivity index is 2.95. The van der Waals surface area contributed by atoms with Gasteiger partial charge in [-0.05, 0) is 19.9 Å². The van der Waals surface area contributed by atoms with Crippen molar-refractivity contribution < 1.29 is 9.59 Å². The third-order valence-electron chi connectivity index (χ3n) is 2.28. The fourth-order valence-electron chi connectivity index (χ4n) is 1.35. The van der Waals surface area contributed by atoms with Crippen LogP contribution in [0.15, 0.2) is 24.3 Å². The van der Waals surface area contributed by atoms with Gasteiger partial charge in [-0.1, -0.05) is 18.2 Å². The van der Waals surface area contributed by atoms with Crippen molar-refractivity contribution in [2.24, 2.45) is 5.73 Å². The first-order valence-corrected chi connectivity index (χ1v) is 5.17. The highest BCUT2D eigenvalue weighted by atomic mass is 16.2. The zero-order valence-corrected chi connectivity index (χ0v) is 9.49. The first-order valence-electron chi connectivity index (χ1n) is 5.17. The van der Waals surface area contributed by atoms with Crippen LogP contribution in [-0.2, 0) is 0 Å². The van der Waals surface area contributed by atoms with Crippen LogP contribution in [0.25, 0.3) is 0 Å². The van der Waals surface area contributed by atoms with E-state index in [-0.39, 0.29) is 17.7 Å². The summed E-state index contributed by atoms with van der Waals surface area (Å²) >= 11 is 0. The molecule has 86 valence electrons. The maximum absolute atomic E-state index is 11.8. The molecule has 1 aromatic carbocycles. The molecule has 16 heavy (non-hydrogen) atoms. The number of carbonyl (C=O) groups excluding carboxylic acids is 2. The molecule has 0 bridgehead atoms. The van der Waals surface area contributed by atoms with Crippen molar-refractivity contribution >= 4 is 11.7 Å². The Morgan fingerprint density at radius 1 is 1.31 bits per heavy atom. The lowest BCUT2D eigenvalue weighted by molar-refractivity contribution is 0.0928. The predicted molar refractivity (Wildman–Crippen MR) is 62.4 cm³/mol. The monoisotopic (exact) mass is 220 g/mol. The van der Waals surface area contributed by atoms with Crippen LogP contribution in [0.1, 0.15) is 34.6 Å². The maximum atomic E-state index is 11.8. The number of nitrogens with one attached hydrogen (secondary N) is 1. The molecule has 1 atom stereocenters. The van der Waals surface area contributed by atoms with Crippen molar-refractivity contribution in [1.82, 2.24) is 5.32 Å². The van der Waals surface area contributed by atoms with E-state index in [1.165, 1.54) is 6.92 Å². The predicted octanol–water partition coefficient (Wildman–Crippen LogP) is 0.966. The normalized spacial score (nSPS) is 11.9. The number of nitrogens with two attached hydrogens (primary N) is 1. The van der Waals surface area contributed by atoms with E-state index in [0.717, 1.165) is 0 Å². The molecule has 0 fully saturated rings. The summed E-state index contributed by atoms with van der Waals surface area (Å²) in [6.07, 6.45) is 0. The number of hydrogen-bond acceptors (Lipinski definition) is 3. The molecule has 0 aliphatic carbocycles. The molecule has 4 heteroatoms. The fourth-order valence-corrected chi connectivity index (χ4v) is 1.35. The lowest BCUT2D eigenvalue weighted by atomic mass is 10.0. The smallest absolute Gasteiger partial charge is 0.252 e. The van der Waals surface area contributed by atoms with Crippen molar-refractivity contribution in [2.45, 2.75) is 19.9 Å². The Labute approximate surface area is 94.8 Å². The number of Topliss-reactive ketones (excluding diaryl/α,β-unsaturated/α-hetero) is 1. The SMILES string of the molecule is CC(=O)c1ccccc1C(=O)N[C@@H](C)CN. The summed E-state index contributed by atoms with van der Waals surface area (Å²) in [7, 11) is 0. The first kappa shape index (κ1) is 12.4. The van der Waals surface area contributed by atoms with E-state index in [0.29, 0.717) is 17.7 Å². The molecule has 0 saturated carbocycles. The van der Waals surface area contributed by atoms with Crippen molar-refractivity contribution in [3.8, 4) is 0 Å².